The maximum Gasteiger partial charge on any atom is 0.251 e. The Morgan fingerprint density at radius 3 is 2.47 bits per heavy atom. The van der Waals surface area contributed by atoms with E-state index in [-0.39, 0.29) is 5.91 Å². The first-order chi connectivity index (χ1) is 15.5. The molecule has 0 aliphatic rings. The Morgan fingerprint density at radius 2 is 1.78 bits per heavy atom. The molecule has 32 heavy (non-hydrogen) atoms. The van der Waals surface area contributed by atoms with E-state index >= 15 is 0 Å². The molecule has 164 valence electrons. The summed E-state index contributed by atoms with van der Waals surface area (Å²) in [5.74, 6) is 1.48. The highest BCUT2D eigenvalue weighted by molar-refractivity contribution is 5.94. The van der Waals surface area contributed by atoms with Crippen molar-refractivity contribution in [2.24, 2.45) is 0 Å². The first-order valence-corrected chi connectivity index (χ1v) is 10.5. The number of fused-ring (bicyclic) bond motifs is 1. The van der Waals surface area contributed by atoms with Crippen molar-refractivity contribution in [1.29, 1.82) is 0 Å². The molecule has 1 amide bonds. The molecule has 0 aliphatic carbocycles. The molecule has 0 spiro atoms. The number of nitrogens with one attached hydrogen (secondary N) is 1. The van der Waals surface area contributed by atoms with E-state index in [0.29, 0.717) is 18.5 Å². The fraction of sp³-hybridized carbons (Fsp3) is 0.240. The van der Waals surface area contributed by atoms with Gasteiger partial charge in [-0.3, -0.25) is 4.79 Å². The minimum Gasteiger partial charge on any atom is -0.497 e. The predicted octanol–water partition coefficient (Wildman–Crippen LogP) is 3.29. The summed E-state index contributed by atoms with van der Waals surface area (Å²) in [7, 11) is 5.62. The summed E-state index contributed by atoms with van der Waals surface area (Å²) in [6, 6.07) is 21.5. The van der Waals surface area contributed by atoms with Gasteiger partial charge in [0.05, 0.1) is 12.8 Å². The standard InChI is InChI=1S/C25H27N5O2/c1-29(2)16-15-26-25(31)20-9-7-18(8-10-20)17-23-27-24-6-4-5-22(30(24)28-23)19-11-13-21(32-3)14-12-19/h4-14H,15-17H2,1-3H3,(H,26,31). The smallest absolute Gasteiger partial charge is 0.251 e. The molecular formula is C25H27N5O2. The van der Waals surface area contributed by atoms with Gasteiger partial charge in [-0.2, -0.15) is 5.10 Å². The second-order valence-corrected chi connectivity index (χ2v) is 7.87. The van der Waals surface area contributed by atoms with E-state index in [1.807, 2.05) is 90.2 Å². The lowest BCUT2D eigenvalue weighted by Crippen LogP contribution is -2.31. The van der Waals surface area contributed by atoms with Gasteiger partial charge in [0.25, 0.3) is 5.91 Å². The van der Waals surface area contributed by atoms with Crippen LogP contribution in [0.1, 0.15) is 21.7 Å². The number of pyridine rings is 1. The Balaban J connectivity index is 1.49. The maximum absolute atomic E-state index is 12.3. The largest absolute Gasteiger partial charge is 0.497 e. The summed E-state index contributed by atoms with van der Waals surface area (Å²) < 4.78 is 7.12. The van der Waals surface area contributed by atoms with Gasteiger partial charge in [0.15, 0.2) is 11.5 Å². The second-order valence-electron chi connectivity index (χ2n) is 7.87. The Morgan fingerprint density at radius 1 is 1.03 bits per heavy atom. The lowest BCUT2D eigenvalue weighted by molar-refractivity contribution is 0.0951. The fourth-order valence-corrected chi connectivity index (χ4v) is 3.46. The van der Waals surface area contributed by atoms with Crippen LogP contribution in [0.25, 0.3) is 16.9 Å². The second kappa shape index (κ2) is 9.62. The lowest BCUT2D eigenvalue weighted by Gasteiger charge is -2.10. The Labute approximate surface area is 187 Å². The van der Waals surface area contributed by atoms with Crippen LogP contribution in [-0.2, 0) is 6.42 Å². The molecule has 4 rings (SSSR count). The van der Waals surface area contributed by atoms with Crippen LogP contribution in [0.15, 0.2) is 66.7 Å². The van der Waals surface area contributed by atoms with Crippen LogP contribution in [0, 0.1) is 0 Å². The topological polar surface area (TPSA) is 71.8 Å². The van der Waals surface area contributed by atoms with Crippen molar-refractivity contribution in [3.05, 3.63) is 83.7 Å². The van der Waals surface area contributed by atoms with Crippen molar-refractivity contribution in [3.63, 3.8) is 0 Å². The molecule has 0 bridgehead atoms. The Kier molecular flexibility index (Phi) is 6.47. The molecule has 7 nitrogen and oxygen atoms in total. The zero-order valence-corrected chi connectivity index (χ0v) is 18.6. The first kappa shape index (κ1) is 21.5. The number of ether oxygens (including phenoxy) is 1. The third-order valence-corrected chi connectivity index (χ3v) is 5.21. The molecule has 0 fully saturated rings. The average molecular weight is 430 g/mol. The SMILES string of the molecule is COc1ccc(-c2cccc3nc(Cc4ccc(C(=O)NCCN(C)C)cc4)nn23)cc1. The highest BCUT2D eigenvalue weighted by atomic mass is 16.5. The van der Waals surface area contributed by atoms with Crippen LogP contribution >= 0.6 is 0 Å². The van der Waals surface area contributed by atoms with Gasteiger partial charge in [0.1, 0.15) is 5.75 Å². The van der Waals surface area contributed by atoms with Crippen molar-refractivity contribution in [2.45, 2.75) is 6.42 Å². The van der Waals surface area contributed by atoms with Gasteiger partial charge < -0.3 is 15.0 Å². The van der Waals surface area contributed by atoms with Crippen LogP contribution < -0.4 is 10.1 Å². The van der Waals surface area contributed by atoms with E-state index in [9.17, 15) is 4.79 Å². The lowest BCUT2D eigenvalue weighted by atomic mass is 10.1. The van der Waals surface area contributed by atoms with Crippen LogP contribution in [0.4, 0.5) is 0 Å². The number of carbonyl (C=O) groups is 1. The van der Waals surface area contributed by atoms with Crippen LogP contribution in [0.2, 0.25) is 0 Å². The normalized spacial score (nSPS) is 11.1. The average Bonchev–Trinajstić information content (AvgIpc) is 3.22. The van der Waals surface area contributed by atoms with E-state index < -0.39 is 0 Å². The van der Waals surface area contributed by atoms with Crippen LogP contribution in [-0.4, -0.2) is 59.7 Å². The molecule has 0 saturated carbocycles. The summed E-state index contributed by atoms with van der Waals surface area (Å²) in [4.78, 5) is 19.0. The quantitative estimate of drug-likeness (QED) is 0.465. The number of rotatable bonds is 8. The van der Waals surface area contributed by atoms with Crippen LogP contribution in [0.5, 0.6) is 5.75 Å². The number of likely N-dealkylation sites (N-methyl/N-ethyl adjacent to an activating group) is 1. The van der Waals surface area contributed by atoms with E-state index in [0.717, 1.165) is 40.6 Å². The summed E-state index contributed by atoms with van der Waals surface area (Å²) in [6.45, 7) is 1.43. The monoisotopic (exact) mass is 429 g/mol. The zero-order chi connectivity index (χ0) is 22.5. The van der Waals surface area contributed by atoms with Gasteiger partial charge in [-0.25, -0.2) is 9.50 Å². The molecule has 0 unspecified atom stereocenters. The number of hydrogen-bond acceptors (Lipinski definition) is 5. The number of benzene rings is 2. The molecule has 1 N–H and O–H groups in total. The molecule has 0 saturated heterocycles. The van der Waals surface area contributed by atoms with E-state index in [4.69, 9.17) is 9.84 Å². The number of aromatic nitrogens is 3. The third-order valence-electron chi connectivity index (χ3n) is 5.21. The predicted molar refractivity (Wildman–Crippen MR) is 125 cm³/mol. The van der Waals surface area contributed by atoms with Crippen molar-refractivity contribution in [1.82, 2.24) is 24.8 Å². The number of amides is 1. The van der Waals surface area contributed by atoms with Crippen molar-refractivity contribution in [2.75, 3.05) is 34.3 Å². The van der Waals surface area contributed by atoms with Crippen molar-refractivity contribution < 1.29 is 9.53 Å². The third kappa shape index (κ3) is 4.95. The fourth-order valence-electron chi connectivity index (χ4n) is 3.46. The molecule has 7 heteroatoms. The Bertz CT molecular complexity index is 1200. The number of hydrogen-bond donors (Lipinski definition) is 1. The summed E-state index contributed by atoms with van der Waals surface area (Å²) in [5.41, 5.74) is 4.50. The number of carbonyl (C=O) groups excluding carboxylic acids is 1. The molecule has 4 aromatic rings. The van der Waals surface area contributed by atoms with Gasteiger partial charge in [0.2, 0.25) is 0 Å². The summed E-state index contributed by atoms with van der Waals surface area (Å²) in [5, 5.41) is 7.66. The molecular weight excluding hydrogens is 402 g/mol. The zero-order valence-electron chi connectivity index (χ0n) is 18.6. The summed E-state index contributed by atoms with van der Waals surface area (Å²) in [6.07, 6.45) is 0.590. The first-order valence-electron chi connectivity index (χ1n) is 10.5. The van der Waals surface area contributed by atoms with Gasteiger partial charge in [-0.15, -0.1) is 0 Å². The van der Waals surface area contributed by atoms with E-state index in [1.54, 1.807) is 7.11 Å². The van der Waals surface area contributed by atoms with Gasteiger partial charge in [0, 0.05) is 30.6 Å². The van der Waals surface area contributed by atoms with Crippen LogP contribution in [0.3, 0.4) is 0 Å². The minimum absolute atomic E-state index is 0.0617. The summed E-state index contributed by atoms with van der Waals surface area (Å²) >= 11 is 0. The molecule has 0 atom stereocenters. The van der Waals surface area contributed by atoms with Crippen molar-refractivity contribution in [3.8, 4) is 17.0 Å². The minimum atomic E-state index is -0.0617. The molecule has 2 aromatic carbocycles. The Hall–Kier alpha value is -3.71. The van der Waals surface area contributed by atoms with Gasteiger partial charge in [-0.05, 0) is 68.2 Å². The molecule has 0 radical (unpaired) electrons. The van der Waals surface area contributed by atoms with Crippen molar-refractivity contribution >= 4 is 11.6 Å². The maximum atomic E-state index is 12.3. The number of nitrogens with zero attached hydrogens (tertiary/aromatic N) is 4. The van der Waals surface area contributed by atoms with E-state index in [1.165, 1.54) is 0 Å². The van der Waals surface area contributed by atoms with E-state index in [2.05, 4.69) is 10.3 Å². The number of methoxy groups -OCH3 is 1. The molecule has 2 aromatic heterocycles. The van der Waals surface area contributed by atoms with Gasteiger partial charge >= 0.3 is 0 Å². The molecule has 2 heterocycles. The van der Waals surface area contributed by atoms with Gasteiger partial charge in [-0.1, -0.05) is 18.2 Å². The highest BCUT2D eigenvalue weighted by Gasteiger charge is 2.11. The molecule has 0 aliphatic heterocycles. The highest BCUT2D eigenvalue weighted by Crippen LogP contribution is 2.23.